The second-order valence-corrected chi connectivity index (χ2v) is 4.37. The summed E-state index contributed by atoms with van der Waals surface area (Å²) in [7, 11) is 2.13. The minimum Gasteiger partial charge on any atom is -0.304 e. The average molecular weight is 218 g/mol. The lowest BCUT2D eigenvalue weighted by molar-refractivity contribution is 0.275. The van der Waals surface area contributed by atoms with E-state index in [0.717, 1.165) is 24.4 Å². The van der Waals surface area contributed by atoms with Crippen LogP contribution in [0.4, 0.5) is 0 Å². The van der Waals surface area contributed by atoms with Crippen LogP contribution in [0.5, 0.6) is 0 Å². The zero-order valence-corrected chi connectivity index (χ0v) is 10.1. The van der Waals surface area contributed by atoms with Gasteiger partial charge in [-0.15, -0.1) is 10.2 Å². The van der Waals surface area contributed by atoms with Gasteiger partial charge in [0.1, 0.15) is 5.82 Å². The summed E-state index contributed by atoms with van der Waals surface area (Å²) in [4.78, 5) is 2.31. The Balaban J connectivity index is 2.10. The number of aromatic nitrogens is 3. The molecule has 0 atom stereocenters. The first-order valence-electron chi connectivity index (χ1n) is 5.67. The molecular formula is C12H18N4. The van der Waals surface area contributed by atoms with Gasteiger partial charge in [0.05, 0.1) is 0 Å². The van der Waals surface area contributed by atoms with Crippen LogP contribution >= 0.6 is 0 Å². The molecule has 0 N–H and O–H groups in total. The highest BCUT2D eigenvalue weighted by molar-refractivity contribution is 5.36. The number of pyridine rings is 1. The summed E-state index contributed by atoms with van der Waals surface area (Å²) >= 11 is 0. The van der Waals surface area contributed by atoms with Crippen LogP contribution < -0.4 is 0 Å². The standard InChI is InChI=1S/C12H18N4/c1-10(2)15(3)9-7-12-14-13-11-6-4-5-8-16(11)12/h4-6,8,10H,7,9H2,1-3H3. The van der Waals surface area contributed by atoms with Crippen LogP contribution in [0.2, 0.25) is 0 Å². The van der Waals surface area contributed by atoms with Gasteiger partial charge in [0.25, 0.3) is 0 Å². The lowest BCUT2D eigenvalue weighted by Gasteiger charge is -2.20. The first-order chi connectivity index (χ1) is 7.68. The SMILES string of the molecule is CC(C)N(C)CCc1nnc2ccccn12. The fourth-order valence-electron chi connectivity index (χ4n) is 1.60. The summed E-state index contributed by atoms with van der Waals surface area (Å²) in [6, 6.07) is 6.53. The van der Waals surface area contributed by atoms with E-state index in [2.05, 4.69) is 36.0 Å². The molecule has 2 heterocycles. The van der Waals surface area contributed by atoms with Crippen molar-refractivity contribution in [3.63, 3.8) is 0 Å². The van der Waals surface area contributed by atoms with E-state index in [1.807, 2.05) is 28.8 Å². The Morgan fingerprint density at radius 2 is 2.12 bits per heavy atom. The van der Waals surface area contributed by atoms with Crippen LogP contribution in [0.3, 0.4) is 0 Å². The summed E-state index contributed by atoms with van der Waals surface area (Å²) < 4.78 is 2.05. The molecule has 4 heteroatoms. The molecule has 0 saturated heterocycles. The summed E-state index contributed by atoms with van der Waals surface area (Å²) in [6.07, 6.45) is 2.94. The van der Waals surface area contributed by atoms with Crippen LogP contribution in [0, 0.1) is 0 Å². The van der Waals surface area contributed by atoms with Gasteiger partial charge in [-0.05, 0) is 33.0 Å². The molecule has 0 aliphatic rings. The molecule has 0 amide bonds. The van der Waals surface area contributed by atoms with Gasteiger partial charge >= 0.3 is 0 Å². The Hall–Kier alpha value is -1.42. The zero-order chi connectivity index (χ0) is 11.5. The Bertz CT molecular complexity index is 461. The number of hydrogen-bond donors (Lipinski definition) is 0. The maximum atomic E-state index is 4.21. The molecule has 2 rings (SSSR count). The number of hydrogen-bond acceptors (Lipinski definition) is 3. The highest BCUT2D eigenvalue weighted by atomic mass is 15.2. The first-order valence-corrected chi connectivity index (χ1v) is 5.67. The molecule has 0 aliphatic carbocycles. The topological polar surface area (TPSA) is 33.4 Å². The van der Waals surface area contributed by atoms with E-state index in [1.54, 1.807) is 0 Å². The van der Waals surface area contributed by atoms with Gasteiger partial charge in [0, 0.05) is 25.2 Å². The van der Waals surface area contributed by atoms with E-state index < -0.39 is 0 Å². The van der Waals surface area contributed by atoms with Crippen LogP contribution in [-0.2, 0) is 6.42 Å². The molecule has 0 radical (unpaired) electrons. The summed E-state index contributed by atoms with van der Waals surface area (Å²) in [5.74, 6) is 1.03. The fourth-order valence-corrected chi connectivity index (χ4v) is 1.60. The van der Waals surface area contributed by atoms with Crippen molar-refractivity contribution in [1.29, 1.82) is 0 Å². The lowest BCUT2D eigenvalue weighted by atomic mass is 10.3. The van der Waals surface area contributed by atoms with Crippen molar-refractivity contribution in [3.8, 4) is 0 Å². The third-order valence-corrected chi connectivity index (χ3v) is 2.95. The predicted octanol–water partition coefficient (Wildman–Crippen LogP) is 1.61. The van der Waals surface area contributed by atoms with Gasteiger partial charge < -0.3 is 4.90 Å². The molecule has 2 aromatic heterocycles. The van der Waals surface area contributed by atoms with Crippen LogP contribution in [0.15, 0.2) is 24.4 Å². The normalized spacial score (nSPS) is 11.8. The Morgan fingerprint density at radius 3 is 2.88 bits per heavy atom. The summed E-state index contributed by atoms with van der Waals surface area (Å²) in [5, 5.41) is 8.35. The van der Waals surface area contributed by atoms with E-state index in [0.29, 0.717) is 6.04 Å². The van der Waals surface area contributed by atoms with Crippen LogP contribution in [0.1, 0.15) is 19.7 Å². The second kappa shape index (κ2) is 4.61. The lowest BCUT2D eigenvalue weighted by Crippen LogP contribution is -2.28. The smallest absolute Gasteiger partial charge is 0.160 e. The van der Waals surface area contributed by atoms with Gasteiger partial charge in [-0.25, -0.2) is 0 Å². The van der Waals surface area contributed by atoms with Gasteiger partial charge in [-0.3, -0.25) is 4.40 Å². The quantitative estimate of drug-likeness (QED) is 0.781. The third kappa shape index (κ3) is 2.22. The van der Waals surface area contributed by atoms with E-state index in [4.69, 9.17) is 0 Å². The molecule has 0 unspecified atom stereocenters. The molecule has 0 saturated carbocycles. The summed E-state index contributed by atoms with van der Waals surface area (Å²) in [5.41, 5.74) is 0.921. The minimum absolute atomic E-state index is 0.569. The van der Waals surface area contributed by atoms with E-state index in [1.165, 1.54) is 0 Å². The van der Waals surface area contributed by atoms with Crippen molar-refractivity contribution in [1.82, 2.24) is 19.5 Å². The Kier molecular flexibility index (Phi) is 3.19. The van der Waals surface area contributed by atoms with Crippen molar-refractivity contribution in [2.24, 2.45) is 0 Å². The molecule has 0 aromatic carbocycles. The predicted molar refractivity (Wildman–Crippen MR) is 64.5 cm³/mol. The average Bonchev–Trinajstić information content (AvgIpc) is 2.69. The zero-order valence-electron chi connectivity index (χ0n) is 10.1. The van der Waals surface area contributed by atoms with Gasteiger partial charge in [-0.1, -0.05) is 6.07 Å². The molecule has 4 nitrogen and oxygen atoms in total. The van der Waals surface area contributed by atoms with E-state index in [-0.39, 0.29) is 0 Å². The van der Waals surface area contributed by atoms with Crippen molar-refractivity contribution in [2.45, 2.75) is 26.3 Å². The molecule has 0 bridgehead atoms. The highest BCUT2D eigenvalue weighted by Gasteiger charge is 2.07. The van der Waals surface area contributed by atoms with Gasteiger partial charge in [0.2, 0.25) is 0 Å². The van der Waals surface area contributed by atoms with Crippen molar-refractivity contribution in [3.05, 3.63) is 30.2 Å². The number of rotatable bonds is 4. The van der Waals surface area contributed by atoms with Crippen LogP contribution in [0.25, 0.3) is 5.65 Å². The van der Waals surface area contributed by atoms with E-state index in [9.17, 15) is 0 Å². The number of nitrogens with zero attached hydrogens (tertiary/aromatic N) is 4. The fraction of sp³-hybridized carbons (Fsp3) is 0.500. The minimum atomic E-state index is 0.569. The summed E-state index contributed by atoms with van der Waals surface area (Å²) in [6.45, 7) is 5.40. The van der Waals surface area contributed by atoms with Crippen molar-refractivity contribution < 1.29 is 0 Å². The van der Waals surface area contributed by atoms with Crippen molar-refractivity contribution in [2.75, 3.05) is 13.6 Å². The second-order valence-electron chi connectivity index (χ2n) is 4.37. The molecular weight excluding hydrogens is 200 g/mol. The maximum absolute atomic E-state index is 4.21. The molecule has 0 aliphatic heterocycles. The van der Waals surface area contributed by atoms with Gasteiger partial charge in [-0.2, -0.15) is 0 Å². The van der Waals surface area contributed by atoms with Gasteiger partial charge in [0.15, 0.2) is 5.65 Å². The Labute approximate surface area is 95.9 Å². The first kappa shape index (κ1) is 11.1. The third-order valence-electron chi connectivity index (χ3n) is 2.95. The van der Waals surface area contributed by atoms with Crippen molar-refractivity contribution >= 4 is 5.65 Å². The van der Waals surface area contributed by atoms with E-state index >= 15 is 0 Å². The number of fused-ring (bicyclic) bond motifs is 1. The molecule has 0 spiro atoms. The maximum Gasteiger partial charge on any atom is 0.160 e. The van der Waals surface area contributed by atoms with Crippen LogP contribution in [-0.4, -0.2) is 39.1 Å². The Morgan fingerprint density at radius 1 is 1.31 bits per heavy atom. The molecule has 0 fully saturated rings. The molecule has 86 valence electrons. The largest absolute Gasteiger partial charge is 0.304 e. The molecule has 16 heavy (non-hydrogen) atoms. The molecule has 2 aromatic rings. The number of likely N-dealkylation sites (N-methyl/N-ethyl adjacent to an activating group) is 1. The highest BCUT2D eigenvalue weighted by Crippen LogP contribution is 2.04. The monoisotopic (exact) mass is 218 g/mol.